The summed E-state index contributed by atoms with van der Waals surface area (Å²) >= 11 is 0. The average Bonchev–Trinajstić information content (AvgIpc) is 2.31. The molecule has 18 heavy (non-hydrogen) atoms. The summed E-state index contributed by atoms with van der Waals surface area (Å²) in [4.78, 5) is 10.2. The lowest BCUT2D eigenvalue weighted by molar-refractivity contribution is -0.110. The predicted molar refractivity (Wildman–Crippen MR) is 76.3 cm³/mol. The summed E-state index contributed by atoms with van der Waals surface area (Å²) in [5, 5.41) is 0. The molecule has 0 heterocycles. The van der Waals surface area contributed by atoms with Crippen molar-refractivity contribution in [3.63, 3.8) is 0 Å². The maximum absolute atomic E-state index is 10.2. The van der Waals surface area contributed by atoms with Gasteiger partial charge in [-0.05, 0) is 24.6 Å². The van der Waals surface area contributed by atoms with E-state index in [0.29, 0.717) is 5.92 Å². The van der Waals surface area contributed by atoms with E-state index < -0.39 is 8.07 Å². The fourth-order valence-electron chi connectivity index (χ4n) is 1.67. The first-order valence-electron chi connectivity index (χ1n) is 6.54. The molecular formula is C14H24O3Si. The number of hydrogen-bond acceptors (Lipinski definition) is 3. The van der Waals surface area contributed by atoms with Crippen LogP contribution in [0.3, 0.4) is 0 Å². The van der Waals surface area contributed by atoms with Gasteiger partial charge in [0.2, 0.25) is 0 Å². The molecule has 0 aromatic carbocycles. The van der Waals surface area contributed by atoms with E-state index in [1.807, 2.05) is 6.08 Å². The largest absolute Gasteiger partial charge is 0.486 e. The summed E-state index contributed by atoms with van der Waals surface area (Å²) in [6.07, 6.45) is 7.80. The SMILES string of the molecule is C[Si](C)(C)CCOCC1C=C(OCC=O)C=CC1. The summed E-state index contributed by atoms with van der Waals surface area (Å²) in [5.74, 6) is 1.16. The first-order chi connectivity index (χ1) is 8.51. The fraction of sp³-hybridized carbons (Fsp3) is 0.643. The summed E-state index contributed by atoms with van der Waals surface area (Å²) < 4.78 is 11.0. The molecule has 1 aliphatic carbocycles. The van der Waals surface area contributed by atoms with E-state index in [0.717, 1.165) is 31.7 Å². The molecule has 0 amide bonds. The van der Waals surface area contributed by atoms with Crippen LogP contribution in [0.15, 0.2) is 24.0 Å². The van der Waals surface area contributed by atoms with E-state index in [2.05, 4.69) is 31.8 Å². The van der Waals surface area contributed by atoms with Gasteiger partial charge in [-0.2, -0.15) is 0 Å². The summed E-state index contributed by atoms with van der Waals surface area (Å²) in [7, 11) is -0.993. The van der Waals surface area contributed by atoms with E-state index in [4.69, 9.17) is 9.47 Å². The third-order valence-corrected chi connectivity index (χ3v) is 4.47. The van der Waals surface area contributed by atoms with Gasteiger partial charge in [-0.3, -0.25) is 4.79 Å². The maximum Gasteiger partial charge on any atom is 0.157 e. The molecule has 0 spiro atoms. The Morgan fingerprint density at radius 2 is 2.22 bits per heavy atom. The van der Waals surface area contributed by atoms with E-state index in [1.54, 1.807) is 0 Å². The van der Waals surface area contributed by atoms with Crippen LogP contribution in [0.1, 0.15) is 6.42 Å². The van der Waals surface area contributed by atoms with Gasteiger partial charge in [0.1, 0.15) is 12.4 Å². The van der Waals surface area contributed by atoms with Gasteiger partial charge in [0.05, 0.1) is 6.61 Å². The Balaban J connectivity index is 2.24. The van der Waals surface area contributed by atoms with Gasteiger partial charge in [-0.15, -0.1) is 0 Å². The minimum Gasteiger partial charge on any atom is -0.486 e. The third-order valence-electron chi connectivity index (χ3n) is 2.77. The highest BCUT2D eigenvalue weighted by molar-refractivity contribution is 6.76. The van der Waals surface area contributed by atoms with Gasteiger partial charge in [0.25, 0.3) is 0 Å². The van der Waals surface area contributed by atoms with Gasteiger partial charge in [0, 0.05) is 20.6 Å². The average molecular weight is 268 g/mol. The van der Waals surface area contributed by atoms with Crippen LogP contribution in [0, 0.1) is 5.92 Å². The highest BCUT2D eigenvalue weighted by atomic mass is 28.3. The number of ether oxygens (including phenoxy) is 2. The Morgan fingerprint density at radius 3 is 2.89 bits per heavy atom. The normalized spacial score (nSPS) is 19.5. The molecule has 1 rings (SSSR count). The second-order valence-corrected chi connectivity index (χ2v) is 11.5. The van der Waals surface area contributed by atoms with Crippen molar-refractivity contribution in [2.75, 3.05) is 19.8 Å². The molecule has 0 aliphatic heterocycles. The molecule has 0 N–H and O–H groups in total. The quantitative estimate of drug-likeness (QED) is 0.386. The second-order valence-electron chi connectivity index (χ2n) is 5.83. The molecule has 0 saturated heterocycles. The molecule has 0 radical (unpaired) electrons. The molecule has 0 saturated carbocycles. The zero-order chi connectivity index (χ0) is 13.4. The molecule has 1 aliphatic rings. The zero-order valence-corrected chi connectivity index (χ0v) is 12.6. The molecule has 4 heteroatoms. The molecule has 3 nitrogen and oxygen atoms in total. The van der Waals surface area contributed by atoms with Crippen molar-refractivity contribution in [3.05, 3.63) is 24.0 Å². The van der Waals surface area contributed by atoms with Crippen LogP contribution >= 0.6 is 0 Å². The lowest BCUT2D eigenvalue weighted by Gasteiger charge is -2.19. The first kappa shape index (κ1) is 15.2. The minimum atomic E-state index is -0.993. The number of rotatable bonds is 8. The van der Waals surface area contributed by atoms with Crippen molar-refractivity contribution in [2.24, 2.45) is 5.92 Å². The smallest absolute Gasteiger partial charge is 0.157 e. The summed E-state index contributed by atoms with van der Waals surface area (Å²) in [5.41, 5.74) is 0. The number of carbonyl (C=O) groups excluding carboxylic acids is 1. The maximum atomic E-state index is 10.2. The standard InChI is InChI=1S/C14H24O3Si/c1-18(2,3)10-9-16-12-13-5-4-6-14(11-13)17-8-7-15/h4,6-7,11,13H,5,8-10,12H2,1-3H3. The minimum absolute atomic E-state index is 0.124. The monoisotopic (exact) mass is 268 g/mol. The Kier molecular flexibility index (Phi) is 6.36. The fourth-order valence-corrected chi connectivity index (χ4v) is 2.43. The molecule has 0 bridgehead atoms. The molecule has 0 aromatic rings. The Hall–Kier alpha value is -0.873. The highest BCUT2D eigenvalue weighted by Gasteiger charge is 2.14. The third kappa shape index (κ3) is 6.76. The van der Waals surface area contributed by atoms with Crippen LogP contribution in [-0.4, -0.2) is 34.2 Å². The topological polar surface area (TPSA) is 35.5 Å². The van der Waals surface area contributed by atoms with E-state index in [1.165, 1.54) is 6.04 Å². The Morgan fingerprint density at radius 1 is 1.44 bits per heavy atom. The molecule has 0 aromatic heterocycles. The van der Waals surface area contributed by atoms with Crippen molar-refractivity contribution in [1.29, 1.82) is 0 Å². The van der Waals surface area contributed by atoms with Crippen molar-refractivity contribution < 1.29 is 14.3 Å². The zero-order valence-electron chi connectivity index (χ0n) is 11.6. The van der Waals surface area contributed by atoms with E-state index in [-0.39, 0.29) is 6.61 Å². The molecule has 1 unspecified atom stereocenters. The Labute approximate surface area is 111 Å². The summed E-state index contributed by atoms with van der Waals surface area (Å²) in [6, 6.07) is 1.20. The number of carbonyl (C=O) groups is 1. The van der Waals surface area contributed by atoms with Gasteiger partial charge in [-0.1, -0.05) is 25.7 Å². The lowest BCUT2D eigenvalue weighted by Crippen LogP contribution is -2.22. The van der Waals surface area contributed by atoms with Crippen molar-refractivity contribution in [1.82, 2.24) is 0 Å². The van der Waals surface area contributed by atoms with Crippen LogP contribution in [-0.2, 0) is 14.3 Å². The van der Waals surface area contributed by atoms with Crippen molar-refractivity contribution >= 4 is 14.4 Å². The van der Waals surface area contributed by atoms with Crippen LogP contribution in [0.5, 0.6) is 0 Å². The molecule has 102 valence electrons. The van der Waals surface area contributed by atoms with Crippen molar-refractivity contribution in [2.45, 2.75) is 32.1 Å². The molecule has 1 atom stereocenters. The van der Waals surface area contributed by atoms with Crippen LogP contribution in [0.4, 0.5) is 0 Å². The van der Waals surface area contributed by atoms with Crippen LogP contribution < -0.4 is 0 Å². The summed E-state index contributed by atoms with van der Waals surface area (Å²) in [6.45, 7) is 8.78. The Bertz CT molecular complexity index is 315. The van der Waals surface area contributed by atoms with E-state index >= 15 is 0 Å². The van der Waals surface area contributed by atoms with Crippen LogP contribution in [0.2, 0.25) is 25.7 Å². The molecule has 0 fully saturated rings. The first-order valence-corrected chi connectivity index (χ1v) is 10.2. The van der Waals surface area contributed by atoms with E-state index in [9.17, 15) is 4.79 Å². The van der Waals surface area contributed by atoms with Crippen LogP contribution in [0.25, 0.3) is 0 Å². The van der Waals surface area contributed by atoms with Gasteiger partial charge >= 0.3 is 0 Å². The van der Waals surface area contributed by atoms with Gasteiger partial charge in [-0.25, -0.2) is 0 Å². The van der Waals surface area contributed by atoms with Gasteiger partial charge < -0.3 is 9.47 Å². The molecular weight excluding hydrogens is 244 g/mol. The van der Waals surface area contributed by atoms with Gasteiger partial charge in [0.15, 0.2) is 6.29 Å². The predicted octanol–water partition coefficient (Wildman–Crippen LogP) is 3.02. The lowest BCUT2D eigenvalue weighted by atomic mass is 10.0. The van der Waals surface area contributed by atoms with Crippen molar-refractivity contribution in [3.8, 4) is 0 Å². The number of allylic oxidation sites excluding steroid dienone is 2. The number of hydrogen-bond donors (Lipinski definition) is 0. The number of aldehydes is 1. The highest BCUT2D eigenvalue weighted by Crippen LogP contribution is 2.18. The second kappa shape index (κ2) is 7.54.